The molecule has 0 radical (unpaired) electrons. The van der Waals surface area contributed by atoms with Gasteiger partial charge in [0.25, 0.3) is 0 Å². The van der Waals surface area contributed by atoms with Gasteiger partial charge in [0.1, 0.15) is 17.7 Å². The Kier molecular flexibility index (Phi) is 6.28. The molecule has 4 nitrogen and oxygen atoms in total. The molecule has 1 atom stereocenters. The fourth-order valence-electron chi connectivity index (χ4n) is 2.54. The highest BCUT2D eigenvalue weighted by molar-refractivity contribution is 7.11. The molecule has 0 saturated carbocycles. The first-order chi connectivity index (χ1) is 12.1. The summed E-state index contributed by atoms with van der Waals surface area (Å²) in [5, 5.41) is 20.5. The summed E-state index contributed by atoms with van der Waals surface area (Å²) in [5.74, 6) is -0.891. The van der Waals surface area contributed by atoms with Crippen LogP contribution in [-0.4, -0.2) is 13.1 Å². The molecule has 1 aromatic carbocycles. The fraction of sp³-hybridized carbons (Fsp3) is 0.150. The van der Waals surface area contributed by atoms with Crippen molar-refractivity contribution in [3.05, 3.63) is 76.0 Å². The van der Waals surface area contributed by atoms with Gasteiger partial charge in [0.15, 0.2) is 0 Å². The molecule has 1 heterocycles. The van der Waals surface area contributed by atoms with Crippen LogP contribution in [0, 0.1) is 22.7 Å². The van der Waals surface area contributed by atoms with Crippen LogP contribution < -0.4 is 0 Å². The first-order valence-electron chi connectivity index (χ1n) is 7.51. The van der Waals surface area contributed by atoms with E-state index in [0.29, 0.717) is 12.0 Å². The number of nitrogens with zero attached hydrogens (tertiary/aromatic N) is 2. The zero-order chi connectivity index (χ0) is 18.2. The predicted molar refractivity (Wildman–Crippen MR) is 97.4 cm³/mol. The van der Waals surface area contributed by atoms with Crippen molar-refractivity contribution in [2.24, 2.45) is 0 Å². The first-order valence-corrected chi connectivity index (χ1v) is 8.39. The summed E-state index contributed by atoms with van der Waals surface area (Å²) >= 11 is 1.45. The molecule has 2 aromatic rings. The molecule has 0 unspecified atom stereocenters. The van der Waals surface area contributed by atoms with Gasteiger partial charge in [0.2, 0.25) is 0 Å². The molecule has 5 heteroatoms. The molecule has 0 aliphatic carbocycles. The maximum Gasteiger partial charge on any atom is 0.333 e. The van der Waals surface area contributed by atoms with Crippen LogP contribution in [0.5, 0.6) is 0 Å². The minimum atomic E-state index is -0.505. The van der Waals surface area contributed by atoms with Crippen molar-refractivity contribution in [1.82, 2.24) is 0 Å². The Morgan fingerprint density at radius 3 is 2.40 bits per heavy atom. The second-order valence-corrected chi connectivity index (χ2v) is 6.19. The highest BCUT2D eigenvalue weighted by Gasteiger charge is 2.25. The maximum absolute atomic E-state index is 12.0. The van der Waals surface area contributed by atoms with Crippen molar-refractivity contribution in [2.45, 2.75) is 12.3 Å². The van der Waals surface area contributed by atoms with Crippen LogP contribution in [-0.2, 0) is 9.53 Å². The Labute approximate surface area is 150 Å². The van der Waals surface area contributed by atoms with Gasteiger partial charge >= 0.3 is 5.97 Å². The number of ether oxygens (including phenoxy) is 1. The molecule has 0 spiro atoms. The molecule has 0 fully saturated rings. The lowest BCUT2D eigenvalue weighted by atomic mass is 9.84. The van der Waals surface area contributed by atoms with E-state index in [1.54, 1.807) is 0 Å². The lowest BCUT2D eigenvalue weighted by molar-refractivity contribution is -0.136. The number of rotatable bonds is 6. The van der Waals surface area contributed by atoms with Gasteiger partial charge in [0.05, 0.1) is 7.11 Å². The van der Waals surface area contributed by atoms with E-state index in [4.69, 9.17) is 4.74 Å². The van der Waals surface area contributed by atoms with Gasteiger partial charge in [-0.15, -0.1) is 11.3 Å². The third kappa shape index (κ3) is 4.23. The van der Waals surface area contributed by atoms with E-state index in [2.05, 4.69) is 6.58 Å². The van der Waals surface area contributed by atoms with Gasteiger partial charge in [-0.1, -0.05) is 43.0 Å². The zero-order valence-corrected chi connectivity index (χ0v) is 14.5. The minimum absolute atomic E-state index is 0.0426. The lowest BCUT2D eigenvalue weighted by Crippen LogP contribution is -2.13. The number of benzene rings is 1. The largest absolute Gasteiger partial charge is 0.466 e. The topological polar surface area (TPSA) is 73.9 Å². The summed E-state index contributed by atoms with van der Waals surface area (Å²) in [6.07, 6.45) is 0.314. The fourth-order valence-corrected chi connectivity index (χ4v) is 3.33. The Morgan fingerprint density at radius 1 is 1.20 bits per heavy atom. The number of nitriles is 2. The zero-order valence-electron chi connectivity index (χ0n) is 13.7. The minimum Gasteiger partial charge on any atom is -0.466 e. The standard InChI is InChI=1S/C20H16N2O2S/c1-14(20(23)24-2)17(15-7-4-3-5-8-15)11-18(16(12-21)13-22)19-9-6-10-25-19/h3-10,17H,1,11H2,2H3/t17-/m0/s1. The summed E-state index contributed by atoms with van der Waals surface area (Å²) in [7, 11) is 1.31. The van der Waals surface area contributed by atoms with E-state index in [-0.39, 0.29) is 17.1 Å². The van der Waals surface area contributed by atoms with Crippen LogP contribution in [0.1, 0.15) is 22.8 Å². The summed E-state index contributed by atoms with van der Waals surface area (Å²) < 4.78 is 4.82. The van der Waals surface area contributed by atoms with Crippen molar-refractivity contribution in [3.8, 4) is 12.1 Å². The van der Waals surface area contributed by atoms with Crippen molar-refractivity contribution < 1.29 is 9.53 Å². The van der Waals surface area contributed by atoms with E-state index >= 15 is 0 Å². The molecule has 0 N–H and O–H groups in total. The van der Waals surface area contributed by atoms with E-state index in [1.165, 1.54) is 18.4 Å². The number of hydrogen-bond acceptors (Lipinski definition) is 5. The predicted octanol–water partition coefficient (Wildman–Crippen LogP) is 4.45. The Balaban J connectivity index is 2.53. The van der Waals surface area contributed by atoms with Gasteiger partial charge in [-0.25, -0.2) is 4.79 Å². The van der Waals surface area contributed by atoms with Crippen LogP contribution in [0.4, 0.5) is 0 Å². The highest BCUT2D eigenvalue weighted by atomic mass is 32.1. The Bertz CT molecular complexity index is 853. The number of carbonyl (C=O) groups excluding carboxylic acids is 1. The number of allylic oxidation sites excluding steroid dienone is 2. The smallest absolute Gasteiger partial charge is 0.333 e. The van der Waals surface area contributed by atoms with Gasteiger partial charge < -0.3 is 4.74 Å². The molecule has 0 saturated heterocycles. The van der Waals surface area contributed by atoms with Gasteiger partial charge in [0, 0.05) is 16.4 Å². The van der Waals surface area contributed by atoms with Crippen LogP contribution in [0.15, 0.2) is 65.6 Å². The van der Waals surface area contributed by atoms with E-state index < -0.39 is 5.97 Å². The van der Waals surface area contributed by atoms with Gasteiger partial charge in [-0.2, -0.15) is 10.5 Å². The van der Waals surface area contributed by atoms with E-state index in [9.17, 15) is 15.3 Å². The SMILES string of the molecule is C=C(C(=O)OC)[C@H](CC(=C(C#N)C#N)c1cccs1)c1ccccc1. The molecule has 0 amide bonds. The summed E-state index contributed by atoms with van der Waals surface area (Å²) in [6.45, 7) is 3.89. The molecule has 0 aliphatic rings. The van der Waals surface area contributed by atoms with Crippen LogP contribution in [0.25, 0.3) is 5.57 Å². The Morgan fingerprint density at radius 2 is 1.88 bits per heavy atom. The van der Waals surface area contributed by atoms with Crippen LogP contribution in [0.2, 0.25) is 0 Å². The molecule has 25 heavy (non-hydrogen) atoms. The lowest BCUT2D eigenvalue weighted by Gasteiger charge is -2.20. The molecule has 1 aromatic heterocycles. The number of thiophene rings is 1. The highest BCUT2D eigenvalue weighted by Crippen LogP contribution is 2.37. The summed E-state index contributed by atoms with van der Waals surface area (Å²) in [6, 6.07) is 17.0. The third-order valence-corrected chi connectivity index (χ3v) is 4.75. The number of carbonyl (C=O) groups is 1. The normalized spacial score (nSPS) is 10.8. The number of methoxy groups -OCH3 is 1. The second-order valence-electron chi connectivity index (χ2n) is 5.24. The molecule has 2 rings (SSSR count). The average Bonchev–Trinajstić information content (AvgIpc) is 3.19. The maximum atomic E-state index is 12.0. The first kappa shape index (κ1) is 18.2. The van der Waals surface area contributed by atoms with Crippen LogP contribution >= 0.6 is 11.3 Å². The average molecular weight is 348 g/mol. The monoisotopic (exact) mass is 348 g/mol. The van der Waals surface area contributed by atoms with E-state index in [1.807, 2.05) is 60.0 Å². The third-order valence-electron chi connectivity index (χ3n) is 3.82. The molecule has 124 valence electrons. The van der Waals surface area contributed by atoms with Crippen molar-refractivity contribution in [2.75, 3.05) is 7.11 Å². The molecule has 0 bridgehead atoms. The second kappa shape index (κ2) is 8.63. The van der Waals surface area contributed by atoms with Crippen LogP contribution in [0.3, 0.4) is 0 Å². The van der Waals surface area contributed by atoms with Gasteiger partial charge in [-0.05, 0) is 29.0 Å². The molecule has 0 aliphatic heterocycles. The molecular weight excluding hydrogens is 332 g/mol. The van der Waals surface area contributed by atoms with E-state index in [0.717, 1.165) is 10.4 Å². The van der Waals surface area contributed by atoms with Crippen molar-refractivity contribution >= 4 is 22.9 Å². The summed E-state index contributed by atoms with van der Waals surface area (Å²) in [4.78, 5) is 12.9. The number of hydrogen-bond donors (Lipinski definition) is 0. The van der Waals surface area contributed by atoms with Crippen molar-refractivity contribution in [1.29, 1.82) is 10.5 Å². The quantitative estimate of drug-likeness (QED) is 0.439. The number of esters is 1. The van der Waals surface area contributed by atoms with Gasteiger partial charge in [-0.3, -0.25) is 0 Å². The molecular formula is C20H16N2O2S. The Hall–Kier alpha value is -3.15. The van der Waals surface area contributed by atoms with Crippen molar-refractivity contribution in [3.63, 3.8) is 0 Å². The summed E-state index contributed by atoms with van der Waals surface area (Å²) in [5.41, 5.74) is 1.82.